The summed E-state index contributed by atoms with van der Waals surface area (Å²) >= 11 is 0. The van der Waals surface area contributed by atoms with Gasteiger partial charge in [-0.2, -0.15) is 21.6 Å². The highest BCUT2D eigenvalue weighted by atomic mass is 32.2. The van der Waals surface area contributed by atoms with Gasteiger partial charge in [-0.1, -0.05) is 20.8 Å². The summed E-state index contributed by atoms with van der Waals surface area (Å²) in [4.78, 5) is 0. The molecule has 0 aromatic carbocycles. The van der Waals surface area contributed by atoms with Gasteiger partial charge in [0.1, 0.15) is 12.2 Å². The molecule has 0 aliphatic carbocycles. The van der Waals surface area contributed by atoms with E-state index in [9.17, 15) is 21.6 Å². The monoisotopic (exact) mass is 408 g/mol. The average molecular weight is 409 g/mol. The largest absolute Gasteiger partial charge is 0.523 e. The molecule has 1 fully saturated rings. The Bertz CT molecular complexity index is 568. The Morgan fingerprint density at radius 1 is 1.04 bits per heavy atom. The maximum atomic E-state index is 12.4. The van der Waals surface area contributed by atoms with Crippen LogP contribution in [0.3, 0.4) is 0 Å². The third kappa shape index (κ3) is 5.89. The van der Waals surface area contributed by atoms with E-state index in [-0.39, 0.29) is 11.6 Å². The lowest BCUT2D eigenvalue weighted by molar-refractivity contribution is -0.150. The summed E-state index contributed by atoms with van der Waals surface area (Å²) in [6.07, 6.45) is -1.72. The van der Waals surface area contributed by atoms with Crippen LogP contribution in [0.1, 0.15) is 34.6 Å². The van der Waals surface area contributed by atoms with E-state index in [2.05, 4.69) is 4.18 Å². The zero-order valence-electron chi connectivity index (χ0n) is 15.6. The molecule has 0 radical (unpaired) electrons. The number of ether oxygens (including phenoxy) is 2. The maximum absolute atomic E-state index is 12.4. The van der Waals surface area contributed by atoms with Crippen LogP contribution in [0.2, 0.25) is 18.1 Å². The average Bonchev–Trinajstić information content (AvgIpc) is 2.66. The predicted octanol–water partition coefficient (Wildman–Crippen LogP) is 3.39. The standard InChI is InChI=1S/C14H27F3O6SSi/c1-12(2,3)25(6,7)21-9-11-10(22-13(4,5)23-11)8-20-24(18,19)14(15,16)17/h10-11H,8-9H2,1-7H3/t10-,11-/m1/s1. The van der Waals surface area contributed by atoms with Gasteiger partial charge in [0, 0.05) is 0 Å². The Labute approximate surface area is 148 Å². The Kier molecular flexibility index (Phi) is 6.47. The minimum atomic E-state index is -5.68. The molecule has 0 N–H and O–H groups in total. The molecule has 1 saturated heterocycles. The van der Waals surface area contributed by atoms with Crippen molar-refractivity contribution in [2.75, 3.05) is 13.2 Å². The second-order valence-electron chi connectivity index (χ2n) is 7.97. The van der Waals surface area contributed by atoms with Gasteiger partial charge in [-0.05, 0) is 32.0 Å². The first-order chi connectivity index (χ1) is 10.9. The molecule has 1 heterocycles. The molecule has 0 amide bonds. The van der Waals surface area contributed by atoms with Gasteiger partial charge in [0.15, 0.2) is 14.1 Å². The van der Waals surface area contributed by atoms with Gasteiger partial charge < -0.3 is 13.9 Å². The molecule has 6 nitrogen and oxygen atoms in total. The fourth-order valence-corrected chi connectivity index (χ4v) is 3.38. The fraction of sp³-hybridized carbons (Fsp3) is 1.00. The van der Waals surface area contributed by atoms with Crippen LogP contribution in [0, 0.1) is 0 Å². The maximum Gasteiger partial charge on any atom is 0.523 e. The molecule has 0 aromatic rings. The summed E-state index contributed by atoms with van der Waals surface area (Å²) in [7, 11) is -7.79. The Morgan fingerprint density at radius 3 is 1.88 bits per heavy atom. The van der Waals surface area contributed by atoms with Crippen LogP contribution in [0.5, 0.6) is 0 Å². The molecule has 150 valence electrons. The van der Waals surface area contributed by atoms with E-state index < -0.39 is 48.5 Å². The lowest BCUT2D eigenvalue weighted by atomic mass is 10.2. The third-order valence-corrected chi connectivity index (χ3v) is 9.88. The quantitative estimate of drug-likeness (QED) is 0.381. The van der Waals surface area contributed by atoms with Crippen LogP contribution in [0.4, 0.5) is 13.2 Å². The van der Waals surface area contributed by atoms with Crippen LogP contribution in [-0.2, 0) is 28.2 Å². The summed E-state index contributed by atoms with van der Waals surface area (Å²) in [5.74, 6) is -1.07. The SMILES string of the molecule is CC1(C)O[C@H](CO[Si](C)(C)C(C)(C)C)[C@@H](COS(=O)(=O)C(F)(F)F)O1. The zero-order valence-corrected chi connectivity index (χ0v) is 17.4. The van der Waals surface area contributed by atoms with Crippen molar-refractivity contribution in [3.05, 3.63) is 0 Å². The van der Waals surface area contributed by atoms with E-state index >= 15 is 0 Å². The first-order valence-corrected chi connectivity index (χ1v) is 12.1. The Morgan fingerprint density at radius 2 is 1.48 bits per heavy atom. The fourth-order valence-electron chi connectivity index (χ4n) is 1.92. The number of halogens is 3. The molecular formula is C14H27F3O6SSi. The first-order valence-electron chi connectivity index (χ1n) is 7.83. The van der Waals surface area contributed by atoms with Crippen molar-refractivity contribution in [1.82, 2.24) is 0 Å². The van der Waals surface area contributed by atoms with Crippen molar-refractivity contribution in [3.63, 3.8) is 0 Å². The topological polar surface area (TPSA) is 71.1 Å². The number of hydrogen-bond acceptors (Lipinski definition) is 6. The van der Waals surface area contributed by atoms with Gasteiger partial charge in [0.05, 0.1) is 13.2 Å². The smallest absolute Gasteiger partial charge is 0.414 e. The second kappa shape index (κ2) is 7.08. The molecule has 0 bridgehead atoms. The summed E-state index contributed by atoms with van der Waals surface area (Å²) < 4.78 is 80.5. The van der Waals surface area contributed by atoms with Crippen LogP contribution in [0.15, 0.2) is 0 Å². The molecule has 1 aliphatic heterocycles. The normalized spacial score (nSPS) is 25.4. The molecule has 0 aromatic heterocycles. The summed E-state index contributed by atoms with van der Waals surface area (Å²) in [5.41, 5.74) is -5.48. The van der Waals surface area contributed by atoms with Gasteiger partial charge in [-0.3, -0.25) is 4.18 Å². The molecule has 25 heavy (non-hydrogen) atoms. The second-order valence-corrected chi connectivity index (χ2v) is 14.4. The van der Waals surface area contributed by atoms with Crippen molar-refractivity contribution >= 4 is 18.4 Å². The van der Waals surface area contributed by atoms with Crippen LogP contribution in [-0.4, -0.2) is 53.5 Å². The minimum Gasteiger partial charge on any atom is -0.414 e. The van der Waals surface area contributed by atoms with Gasteiger partial charge >= 0.3 is 15.6 Å². The number of rotatable bonds is 6. The van der Waals surface area contributed by atoms with E-state index in [1.807, 2.05) is 33.9 Å². The van der Waals surface area contributed by atoms with Crippen LogP contribution in [0.25, 0.3) is 0 Å². The molecule has 2 atom stereocenters. The predicted molar refractivity (Wildman–Crippen MR) is 87.9 cm³/mol. The van der Waals surface area contributed by atoms with Crippen molar-refractivity contribution in [2.45, 2.75) is 76.3 Å². The van der Waals surface area contributed by atoms with Crippen molar-refractivity contribution in [3.8, 4) is 0 Å². The zero-order chi connectivity index (χ0) is 19.9. The van der Waals surface area contributed by atoms with Crippen molar-refractivity contribution in [1.29, 1.82) is 0 Å². The summed E-state index contributed by atoms with van der Waals surface area (Å²) in [6, 6.07) is 0. The minimum absolute atomic E-state index is 0.0619. The lowest BCUT2D eigenvalue weighted by Crippen LogP contribution is -2.44. The third-order valence-electron chi connectivity index (χ3n) is 4.37. The van der Waals surface area contributed by atoms with Crippen molar-refractivity contribution < 1.29 is 39.7 Å². The highest BCUT2D eigenvalue weighted by Crippen LogP contribution is 2.38. The van der Waals surface area contributed by atoms with E-state index in [1.165, 1.54) is 0 Å². The van der Waals surface area contributed by atoms with Crippen LogP contribution < -0.4 is 0 Å². The summed E-state index contributed by atoms with van der Waals surface area (Å²) in [6.45, 7) is 12.6. The molecule has 0 spiro atoms. The summed E-state index contributed by atoms with van der Waals surface area (Å²) in [5, 5.41) is -0.0619. The van der Waals surface area contributed by atoms with E-state index in [0.29, 0.717) is 0 Å². The molecular weight excluding hydrogens is 381 g/mol. The van der Waals surface area contributed by atoms with Gasteiger partial charge in [0.2, 0.25) is 0 Å². The van der Waals surface area contributed by atoms with E-state index in [1.54, 1.807) is 13.8 Å². The molecule has 0 saturated carbocycles. The van der Waals surface area contributed by atoms with Crippen LogP contribution >= 0.6 is 0 Å². The molecule has 1 aliphatic rings. The van der Waals surface area contributed by atoms with Crippen molar-refractivity contribution in [2.24, 2.45) is 0 Å². The molecule has 1 rings (SSSR count). The molecule has 11 heteroatoms. The first kappa shape index (κ1) is 22.8. The number of alkyl halides is 3. The Balaban J connectivity index is 2.78. The van der Waals surface area contributed by atoms with Gasteiger partial charge in [-0.15, -0.1) is 0 Å². The lowest BCUT2D eigenvalue weighted by Gasteiger charge is -2.37. The van der Waals surface area contributed by atoms with Gasteiger partial charge in [0.25, 0.3) is 0 Å². The van der Waals surface area contributed by atoms with E-state index in [4.69, 9.17) is 13.9 Å². The Hall–Kier alpha value is -0.203. The number of hydrogen-bond donors (Lipinski definition) is 0. The van der Waals surface area contributed by atoms with E-state index in [0.717, 1.165) is 0 Å². The highest BCUT2D eigenvalue weighted by molar-refractivity contribution is 7.87. The molecule has 0 unspecified atom stereocenters. The highest BCUT2D eigenvalue weighted by Gasteiger charge is 2.50. The van der Waals surface area contributed by atoms with Gasteiger partial charge in [-0.25, -0.2) is 0 Å².